The molecule has 15 heavy (non-hydrogen) atoms. The maximum Gasteiger partial charge on any atom is 0.0794 e. The lowest BCUT2D eigenvalue weighted by Crippen LogP contribution is -1.97. The fraction of sp³-hybridized carbons (Fsp3) is 0.100. The van der Waals surface area contributed by atoms with Gasteiger partial charge in [-0.15, -0.1) is 11.3 Å². The number of hydrogen-bond acceptors (Lipinski definition) is 3. The van der Waals surface area contributed by atoms with Crippen LogP contribution in [0.4, 0.5) is 5.69 Å². The molecule has 1 heterocycles. The van der Waals surface area contributed by atoms with Gasteiger partial charge in [-0.3, -0.25) is 4.98 Å². The molecule has 0 radical (unpaired) electrons. The molecule has 0 unspecified atom stereocenters. The van der Waals surface area contributed by atoms with Crippen LogP contribution in [-0.4, -0.2) is 4.98 Å². The van der Waals surface area contributed by atoms with E-state index in [1.807, 2.05) is 29.9 Å². The summed E-state index contributed by atoms with van der Waals surface area (Å²) in [4.78, 5) is 5.20. The van der Waals surface area contributed by atoms with Crippen LogP contribution in [0.5, 0.6) is 0 Å². The molecular weight excluding hydrogens is 296 g/mol. The monoisotopic (exact) mass is 302 g/mol. The van der Waals surface area contributed by atoms with Crippen molar-refractivity contribution >= 4 is 44.6 Å². The van der Waals surface area contributed by atoms with Gasteiger partial charge in [-0.05, 0) is 18.2 Å². The number of anilines is 1. The van der Waals surface area contributed by atoms with Crippen LogP contribution in [0.25, 0.3) is 0 Å². The third-order valence-electron chi connectivity index (χ3n) is 1.86. The zero-order valence-electron chi connectivity index (χ0n) is 7.71. The minimum Gasteiger partial charge on any atom is -0.379 e. The molecule has 0 spiro atoms. The number of hydrogen-bond donors (Lipinski definition) is 1. The molecule has 0 bridgehead atoms. The predicted molar refractivity (Wildman–Crippen MR) is 68.6 cm³/mol. The maximum absolute atomic E-state index is 6.04. The largest absolute Gasteiger partial charge is 0.379 e. The lowest BCUT2D eigenvalue weighted by molar-refractivity contribution is 1.17. The van der Waals surface area contributed by atoms with Crippen molar-refractivity contribution in [3.8, 4) is 0 Å². The Morgan fingerprint density at radius 3 is 3.07 bits per heavy atom. The van der Waals surface area contributed by atoms with E-state index < -0.39 is 0 Å². The van der Waals surface area contributed by atoms with Gasteiger partial charge in [0.05, 0.1) is 22.8 Å². The van der Waals surface area contributed by atoms with Crippen LogP contribution in [-0.2, 0) is 6.54 Å². The lowest BCUT2D eigenvalue weighted by Gasteiger charge is -2.07. The summed E-state index contributed by atoms with van der Waals surface area (Å²) in [5.74, 6) is 0. The third-order valence-corrected chi connectivity index (χ3v) is 3.47. The molecule has 78 valence electrons. The number of thiazole rings is 1. The van der Waals surface area contributed by atoms with Crippen LogP contribution >= 0.6 is 38.9 Å². The molecule has 0 amide bonds. The fourth-order valence-corrected chi connectivity index (χ4v) is 2.22. The van der Waals surface area contributed by atoms with Gasteiger partial charge in [-0.1, -0.05) is 27.5 Å². The number of aromatic nitrogens is 1. The number of nitrogens with one attached hydrogen (secondary N) is 1. The van der Waals surface area contributed by atoms with E-state index in [9.17, 15) is 0 Å². The first-order valence-corrected chi connectivity index (χ1v) is 6.37. The van der Waals surface area contributed by atoms with Crippen molar-refractivity contribution in [2.24, 2.45) is 0 Å². The molecule has 0 saturated carbocycles. The highest BCUT2D eigenvalue weighted by atomic mass is 79.9. The highest BCUT2D eigenvalue weighted by Gasteiger charge is 2.01. The van der Waals surface area contributed by atoms with E-state index in [2.05, 4.69) is 26.2 Å². The Bertz CT molecular complexity index is 445. The number of halogens is 2. The van der Waals surface area contributed by atoms with Gasteiger partial charge in [0, 0.05) is 15.5 Å². The van der Waals surface area contributed by atoms with Gasteiger partial charge in [0.25, 0.3) is 0 Å². The minimum absolute atomic E-state index is 0.725. The molecule has 0 atom stereocenters. The summed E-state index contributed by atoms with van der Waals surface area (Å²) in [6.45, 7) is 0.751. The van der Waals surface area contributed by atoms with Crippen molar-refractivity contribution in [3.63, 3.8) is 0 Å². The third kappa shape index (κ3) is 2.93. The molecule has 0 aliphatic carbocycles. The first-order chi connectivity index (χ1) is 7.25. The SMILES string of the molecule is Clc1ccc(Br)cc1NCc1cncs1. The quantitative estimate of drug-likeness (QED) is 0.920. The van der Waals surface area contributed by atoms with Gasteiger partial charge in [-0.25, -0.2) is 0 Å². The minimum atomic E-state index is 0.725. The van der Waals surface area contributed by atoms with Gasteiger partial charge in [0.2, 0.25) is 0 Å². The summed E-state index contributed by atoms with van der Waals surface area (Å²) < 4.78 is 1.01. The van der Waals surface area contributed by atoms with Crippen LogP contribution in [0, 0.1) is 0 Å². The molecule has 1 N–H and O–H groups in total. The smallest absolute Gasteiger partial charge is 0.0794 e. The lowest BCUT2D eigenvalue weighted by atomic mass is 10.3. The predicted octanol–water partition coefficient (Wildman–Crippen LogP) is 4.17. The second-order valence-electron chi connectivity index (χ2n) is 2.95. The summed E-state index contributed by atoms with van der Waals surface area (Å²) in [7, 11) is 0. The molecule has 2 rings (SSSR count). The molecule has 0 aliphatic rings. The van der Waals surface area contributed by atoms with E-state index in [-0.39, 0.29) is 0 Å². The molecule has 0 fully saturated rings. The summed E-state index contributed by atoms with van der Waals surface area (Å²) >= 11 is 11.1. The first kappa shape index (κ1) is 10.9. The Balaban J connectivity index is 2.07. The highest BCUT2D eigenvalue weighted by Crippen LogP contribution is 2.26. The van der Waals surface area contributed by atoms with Crippen molar-refractivity contribution < 1.29 is 0 Å². The standard InChI is InChI=1S/C10H8BrClN2S/c11-7-1-2-9(12)10(3-7)14-5-8-4-13-6-15-8/h1-4,6,14H,5H2. The van der Waals surface area contributed by atoms with Gasteiger partial charge in [0.1, 0.15) is 0 Å². The summed E-state index contributed by atoms with van der Waals surface area (Å²) in [5.41, 5.74) is 2.75. The van der Waals surface area contributed by atoms with Crippen molar-refractivity contribution in [3.05, 3.63) is 44.3 Å². The molecular formula is C10H8BrClN2S. The van der Waals surface area contributed by atoms with Crippen LogP contribution in [0.15, 0.2) is 34.4 Å². The second kappa shape index (κ2) is 4.96. The topological polar surface area (TPSA) is 24.9 Å². The van der Waals surface area contributed by atoms with Crippen LogP contribution in [0.1, 0.15) is 4.88 Å². The molecule has 1 aromatic carbocycles. The van der Waals surface area contributed by atoms with Crippen LogP contribution in [0.3, 0.4) is 0 Å². The van der Waals surface area contributed by atoms with Gasteiger partial charge in [0.15, 0.2) is 0 Å². The summed E-state index contributed by atoms with van der Waals surface area (Å²) in [6, 6.07) is 5.74. The Kier molecular flexibility index (Phi) is 3.61. The zero-order chi connectivity index (χ0) is 10.7. The van der Waals surface area contributed by atoms with E-state index in [1.165, 1.54) is 4.88 Å². The Morgan fingerprint density at radius 1 is 1.47 bits per heavy atom. The summed E-state index contributed by atoms with van der Waals surface area (Å²) in [5, 5.41) is 3.99. The maximum atomic E-state index is 6.04. The van der Waals surface area contributed by atoms with Gasteiger partial charge >= 0.3 is 0 Å². The van der Waals surface area contributed by atoms with E-state index in [0.29, 0.717) is 0 Å². The average molecular weight is 304 g/mol. The number of rotatable bonds is 3. The molecule has 1 aromatic heterocycles. The van der Waals surface area contributed by atoms with E-state index in [1.54, 1.807) is 11.3 Å². The molecule has 2 aromatic rings. The van der Waals surface area contributed by atoms with Crippen molar-refractivity contribution in [2.45, 2.75) is 6.54 Å². The molecule has 0 saturated heterocycles. The number of nitrogens with zero attached hydrogens (tertiary/aromatic N) is 1. The van der Waals surface area contributed by atoms with Crippen molar-refractivity contribution in [2.75, 3.05) is 5.32 Å². The van der Waals surface area contributed by atoms with E-state index >= 15 is 0 Å². The van der Waals surface area contributed by atoms with Crippen LogP contribution < -0.4 is 5.32 Å². The van der Waals surface area contributed by atoms with E-state index in [0.717, 1.165) is 21.7 Å². The van der Waals surface area contributed by atoms with Crippen LogP contribution in [0.2, 0.25) is 5.02 Å². The second-order valence-corrected chi connectivity index (χ2v) is 5.24. The van der Waals surface area contributed by atoms with Crippen molar-refractivity contribution in [1.29, 1.82) is 0 Å². The fourth-order valence-electron chi connectivity index (χ4n) is 1.14. The Labute approximate surface area is 105 Å². The van der Waals surface area contributed by atoms with E-state index in [4.69, 9.17) is 11.6 Å². The molecule has 5 heteroatoms. The van der Waals surface area contributed by atoms with Crippen molar-refractivity contribution in [1.82, 2.24) is 4.98 Å². The average Bonchev–Trinajstić information content (AvgIpc) is 2.72. The van der Waals surface area contributed by atoms with Gasteiger partial charge < -0.3 is 5.32 Å². The summed E-state index contributed by atoms with van der Waals surface area (Å²) in [6.07, 6.45) is 1.85. The Morgan fingerprint density at radius 2 is 2.33 bits per heavy atom. The zero-order valence-corrected chi connectivity index (χ0v) is 10.9. The Hall–Kier alpha value is -0.580. The molecule has 2 nitrogen and oxygen atoms in total. The molecule has 0 aliphatic heterocycles. The normalized spacial score (nSPS) is 10.3. The first-order valence-electron chi connectivity index (χ1n) is 4.32. The van der Waals surface area contributed by atoms with Gasteiger partial charge in [-0.2, -0.15) is 0 Å². The number of benzene rings is 1. The highest BCUT2D eigenvalue weighted by molar-refractivity contribution is 9.10.